The molecule has 1 aromatic rings. The number of hydrogen-bond donors (Lipinski definition) is 2. The van der Waals surface area contributed by atoms with Crippen LogP contribution in [0.25, 0.3) is 0 Å². The fourth-order valence-electron chi connectivity index (χ4n) is 2.08. The summed E-state index contributed by atoms with van der Waals surface area (Å²) in [4.78, 5) is 3.28. The predicted molar refractivity (Wildman–Crippen MR) is 79.4 cm³/mol. The molecule has 114 valence electrons. The highest BCUT2D eigenvalue weighted by molar-refractivity contribution is 7.89. The molecule has 2 N–H and O–H groups in total. The molecule has 1 fully saturated rings. The molecule has 20 heavy (non-hydrogen) atoms. The van der Waals surface area contributed by atoms with Crippen LogP contribution in [-0.2, 0) is 27.4 Å². The summed E-state index contributed by atoms with van der Waals surface area (Å²) in [6.45, 7) is 4.29. The van der Waals surface area contributed by atoms with E-state index in [2.05, 4.69) is 17.2 Å². The zero-order chi connectivity index (χ0) is 14.6. The minimum absolute atomic E-state index is 0.290. The van der Waals surface area contributed by atoms with E-state index in [1.54, 1.807) is 6.07 Å². The first-order chi connectivity index (χ1) is 9.54. The Morgan fingerprint density at radius 2 is 2.10 bits per heavy atom. The topological polar surface area (TPSA) is 82.3 Å². The molecule has 0 spiro atoms. The quantitative estimate of drug-likeness (QED) is 0.737. The van der Waals surface area contributed by atoms with E-state index >= 15 is 0 Å². The first-order valence-corrected chi connectivity index (χ1v) is 9.70. The van der Waals surface area contributed by atoms with Gasteiger partial charge in [-0.2, -0.15) is 4.31 Å². The van der Waals surface area contributed by atoms with Crippen molar-refractivity contribution in [2.24, 2.45) is 0 Å². The van der Waals surface area contributed by atoms with Crippen molar-refractivity contribution in [2.75, 3.05) is 31.1 Å². The second-order valence-electron chi connectivity index (χ2n) is 4.79. The summed E-state index contributed by atoms with van der Waals surface area (Å²) in [5, 5.41) is 3.22. The lowest BCUT2D eigenvalue weighted by molar-refractivity contribution is 0.439. The van der Waals surface area contributed by atoms with Gasteiger partial charge in [-0.15, -0.1) is 0 Å². The number of aromatic nitrogens is 1. The molecular formula is C12H21N3O3S2. The molecule has 8 heteroatoms. The van der Waals surface area contributed by atoms with Crippen LogP contribution < -0.4 is 5.32 Å². The lowest BCUT2D eigenvalue weighted by Gasteiger charge is -2.24. The van der Waals surface area contributed by atoms with Gasteiger partial charge in [0.1, 0.15) is 0 Å². The molecule has 0 aromatic carbocycles. The van der Waals surface area contributed by atoms with Crippen molar-refractivity contribution in [1.82, 2.24) is 14.6 Å². The molecule has 0 aliphatic carbocycles. The number of nitrogens with one attached hydrogen (secondary N) is 2. The fraction of sp³-hybridized carbons (Fsp3) is 0.667. The van der Waals surface area contributed by atoms with Crippen LogP contribution in [0.1, 0.15) is 19.0 Å². The average molecular weight is 319 g/mol. The van der Waals surface area contributed by atoms with E-state index in [0.29, 0.717) is 36.0 Å². The van der Waals surface area contributed by atoms with E-state index in [4.69, 9.17) is 0 Å². The van der Waals surface area contributed by atoms with Crippen LogP contribution in [0.15, 0.2) is 17.2 Å². The number of H-pyrrole nitrogens is 1. The molecule has 2 rings (SSSR count). The van der Waals surface area contributed by atoms with Crippen molar-refractivity contribution < 1.29 is 12.6 Å². The van der Waals surface area contributed by atoms with E-state index in [1.165, 1.54) is 10.5 Å². The molecule has 0 unspecified atom stereocenters. The van der Waals surface area contributed by atoms with Crippen molar-refractivity contribution in [3.63, 3.8) is 0 Å². The first-order valence-electron chi connectivity index (χ1n) is 6.77. The van der Waals surface area contributed by atoms with Gasteiger partial charge in [0.25, 0.3) is 0 Å². The molecule has 0 saturated carbocycles. The predicted octanol–water partition coefficient (Wildman–Crippen LogP) is 0.267. The van der Waals surface area contributed by atoms with Gasteiger partial charge in [-0.3, -0.25) is 4.21 Å². The Morgan fingerprint density at radius 1 is 1.40 bits per heavy atom. The monoisotopic (exact) mass is 319 g/mol. The summed E-state index contributed by atoms with van der Waals surface area (Å²) in [5.41, 5.74) is 0.859. The van der Waals surface area contributed by atoms with Crippen molar-refractivity contribution in [1.29, 1.82) is 0 Å². The van der Waals surface area contributed by atoms with Crippen LogP contribution in [-0.4, -0.2) is 53.1 Å². The summed E-state index contributed by atoms with van der Waals surface area (Å²) in [6.07, 6.45) is 2.57. The Hall–Kier alpha value is -0.700. The Bertz CT molecular complexity index is 558. The zero-order valence-electron chi connectivity index (χ0n) is 11.6. The van der Waals surface area contributed by atoms with E-state index in [0.717, 1.165) is 18.7 Å². The van der Waals surface area contributed by atoms with Crippen LogP contribution in [0.3, 0.4) is 0 Å². The van der Waals surface area contributed by atoms with Gasteiger partial charge in [0.2, 0.25) is 10.0 Å². The Labute approximate surface area is 122 Å². The summed E-state index contributed by atoms with van der Waals surface area (Å²) in [6, 6.07) is 1.67. The molecule has 2 heterocycles. The standard InChI is InChI=1S/C12H21N3O3S2/c1-2-3-13-9-11-8-12(10-14-11)20(17,18)15-4-6-19(16)7-5-15/h8,10,13-14H,2-7,9H2,1H3. The molecule has 1 aromatic heterocycles. The van der Waals surface area contributed by atoms with Crippen LogP contribution in [0.5, 0.6) is 0 Å². The van der Waals surface area contributed by atoms with Crippen LogP contribution in [0.4, 0.5) is 0 Å². The van der Waals surface area contributed by atoms with Gasteiger partial charge in [0.05, 0.1) is 4.90 Å². The van der Waals surface area contributed by atoms with Gasteiger partial charge in [-0.1, -0.05) is 6.92 Å². The minimum atomic E-state index is -3.46. The van der Waals surface area contributed by atoms with Gasteiger partial charge in [-0.25, -0.2) is 8.42 Å². The molecule has 0 bridgehead atoms. The third-order valence-corrected chi connectivity index (χ3v) is 6.39. The highest BCUT2D eigenvalue weighted by Crippen LogP contribution is 2.18. The number of sulfonamides is 1. The first kappa shape index (κ1) is 15.7. The third-order valence-electron chi connectivity index (χ3n) is 3.23. The molecule has 0 radical (unpaired) electrons. The van der Waals surface area contributed by atoms with E-state index in [1.807, 2.05) is 0 Å². The summed E-state index contributed by atoms with van der Waals surface area (Å²) in [5.74, 6) is 0.850. The molecule has 0 atom stereocenters. The zero-order valence-corrected chi connectivity index (χ0v) is 13.2. The number of nitrogens with zero attached hydrogens (tertiary/aromatic N) is 1. The second kappa shape index (κ2) is 6.84. The van der Waals surface area contributed by atoms with Gasteiger partial charge < -0.3 is 10.3 Å². The number of rotatable bonds is 6. The molecule has 1 saturated heterocycles. The summed E-state index contributed by atoms with van der Waals surface area (Å²) < 4.78 is 37.6. The van der Waals surface area contributed by atoms with Crippen LogP contribution >= 0.6 is 0 Å². The fourth-order valence-corrected chi connectivity index (χ4v) is 4.82. The Kier molecular flexibility index (Phi) is 5.36. The van der Waals surface area contributed by atoms with Crippen molar-refractivity contribution >= 4 is 20.8 Å². The molecule has 6 nitrogen and oxygen atoms in total. The number of hydrogen-bond acceptors (Lipinski definition) is 4. The number of aromatic amines is 1. The highest BCUT2D eigenvalue weighted by Gasteiger charge is 2.28. The maximum absolute atomic E-state index is 12.4. The minimum Gasteiger partial charge on any atom is -0.363 e. The van der Waals surface area contributed by atoms with Gasteiger partial charge in [-0.05, 0) is 19.0 Å². The summed E-state index contributed by atoms with van der Waals surface area (Å²) >= 11 is 0. The maximum Gasteiger partial charge on any atom is 0.244 e. The van der Waals surface area contributed by atoms with Crippen molar-refractivity contribution in [3.05, 3.63) is 18.0 Å². The van der Waals surface area contributed by atoms with E-state index < -0.39 is 20.8 Å². The van der Waals surface area contributed by atoms with E-state index in [-0.39, 0.29) is 0 Å². The third kappa shape index (κ3) is 3.69. The second-order valence-corrected chi connectivity index (χ2v) is 8.42. The average Bonchev–Trinajstić information content (AvgIpc) is 2.89. The van der Waals surface area contributed by atoms with Crippen molar-refractivity contribution in [2.45, 2.75) is 24.8 Å². The lowest BCUT2D eigenvalue weighted by Crippen LogP contribution is -2.41. The van der Waals surface area contributed by atoms with Crippen LogP contribution in [0, 0.1) is 0 Å². The van der Waals surface area contributed by atoms with Gasteiger partial charge in [0.15, 0.2) is 0 Å². The Balaban J connectivity index is 2.04. The molecule has 1 aliphatic heterocycles. The smallest absolute Gasteiger partial charge is 0.244 e. The van der Waals surface area contributed by atoms with Gasteiger partial charge >= 0.3 is 0 Å². The largest absolute Gasteiger partial charge is 0.363 e. The molecule has 0 amide bonds. The highest BCUT2D eigenvalue weighted by atomic mass is 32.2. The SMILES string of the molecule is CCCNCc1cc(S(=O)(=O)N2CCS(=O)CC2)c[nH]1. The maximum atomic E-state index is 12.4. The lowest BCUT2D eigenvalue weighted by atomic mass is 10.4. The summed E-state index contributed by atoms with van der Waals surface area (Å²) in [7, 11) is -4.33. The Morgan fingerprint density at radius 3 is 2.75 bits per heavy atom. The van der Waals surface area contributed by atoms with Crippen molar-refractivity contribution in [3.8, 4) is 0 Å². The normalized spacial score (nSPS) is 18.4. The van der Waals surface area contributed by atoms with Crippen LogP contribution in [0.2, 0.25) is 0 Å². The molecule has 1 aliphatic rings. The van der Waals surface area contributed by atoms with E-state index in [9.17, 15) is 12.6 Å². The molecular weight excluding hydrogens is 298 g/mol. The van der Waals surface area contributed by atoms with Gasteiger partial charge in [0, 0.05) is 53.8 Å².